The second-order valence-electron chi connectivity index (χ2n) is 3.95. The molecule has 1 unspecified atom stereocenters. The second-order valence-corrected chi connectivity index (χ2v) is 10.7. The molecular formula is C12H26S8. The van der Waals surface area contributed by atoms with Crippen molar-refractivity contribution in [2.45, 2.75) is 10.5 Å². The minimum Gasteiger partial charge on any atom is -0.179 e. The van der Waals surface area contributed by atoms with E-state index < -0.39 is 0 Å². The van der Waals surface area contributed by atoms with E-state index in [1.807, 2.05) is 23.5 Å². The summed E-state index contributed by atoms with van der Waals surface area (Å²) < 4.78 is 0. The smallest absolute Gasteiger partial charge is 0.0229 e. The average molecular weight is 427 g/mol. The van der Waals surface area contributed by atoms with Crippen LogP contribution in [0.1, 0.15) is 0 Å². The van der Waals surface area contributed by atoms with Gasteiger partial charge in [-0.1, -0.05) is 0 Å². The van der Waals surface area contributed by atoms with Gasteiger partial charge < -0.3 is 0 Å². The number of thioether (sulfide) groups is 4. The van der Waals surface area contributed by atoms with Crippen LogP contribution >= 0.6 is 97.6 Å². The fourth-order valence-electron chi connectivity index (χ4n) is 1.29. The highest BCUT2D eigenvalue weighted by molar-refractivity contribution is 8.06. The number of hydrogen-bond donors (Lipinski definition) is 4. The third-order valence-corrected chi connectivity index (χ3v) is 10.1. The minimum absolute atomic E-state index is 0.600. The topological polar surface area (TPSA) is 0 Å². The molecule has 122 valence electrons. The molecule has 0 bridgehead atoms. The van der Waals surface area contributed by atoms with Gasteiger partial charge in [-0.25, -0.2) is 0 Å². The highest BCUT2D eigenvalue weighted by atomic mass is 32.2. The Bertz CT molecular complexity index is 188. The quantitative estimate of drug-likeness (QED) is 0.226. The first-order valence-electron chi connectivity index (χ1n) is 6.60. The molecular weight excluding hydrogens is 401 g/mol. The number of hydrogen-bond acceptors (Lipinski definition) is 8. The van der Waals surface area contributed by atoms with E-state index in [0.29, 0.717) is 5.25 Å². The first-order chi connectivity index (χ1) is 9.78. The summed E-state index contributed by atoms with van der Waals surface area (Å²) in [5.41, 5.74) is 0. The summed E-state index contributed by atoms with van der Waals surface area (Å²) in [6.07, 6.45) is 0. The molecule has 0 aliphatic rings. The predicted octanol–water partition coefficient (Wildman–Crippen LogP) is 4.38. The van der Waals surface area contributed by atoms with E-state index in [2.05, 4.69) is 74.0 Å². The molecule has 20 heavy (non-hydrogen) atoms. The number of thiol groups is 4. The molecule has 0 nitrogen and oxygen atoms in total. The van der Waals surface area contributed by atoms with E-state index in [-0.39, 0.29) is 0 Å². The van der Waals surface area contributed by atoms with Crippen molar-refractivity contribution < 1.29 is 0 Å². The summed E-state index contributed by atoms with van der Waals surface area (Å²) in [5, 5.41) is 1.36. The molecule has 0 aromatic heterocycles. The lowest BCUT2D eigenvalue weighted by Crippen LogP contribution is -2.13. The Labute approximate surface area is 164 Å². The zero-order valence-corrected chi connectivity index (χ0v) is 18.5. The standard InChI is InChI=1S/C12H26S8/c13-1-3-17-9-12(19-4-2-14)10-18-5-6-20-11(7-15)8-16/h11-16H,1-10H2. The first-order valence-corrected chi connectivity index (χ1v) is 13.5. The van der Waals surface area contributed by atoms with Crippen LogP contribution in [-0.4, -0.2) is 68.0 Å². The molecule has 0 radical (unpaired) electrons. The summed E-state index contributed by atoms with van der Waals surface area (Å²) in [6, 6.07) is 0. The summed E-state index contributed by atoms with van der Waals surface area (Å²) in [6.45, 7) is 0. The van der Waals surface area contributed by atoms with E-state index in [1.165, 1.54) is 23.0 Å². The zero-order valence-electron chi connectivity index (χ0n) is 11.6. The fourth-order valence-corrected chi connectivity index (χ4v) is 7.65. The molecule has 0 fully saturated rings. The van der Waals surface area contributed by atoms with Gasteiger partial charge in [-0.15, -0.1) is 0 Å². The number of rotatable bonds is 15. The molecule has 0 N–H and O–H groups in total. The highest BCUT2D eigenvalue weighted by Gasteiger charge is 2.10. The van der Waals surface area contributed by atoms with Gasteiger partial charge in [-0.3, -0.25) is 0 Å². The Morgan fingerprint density at radius 2 is 1.15 bits per heavy atom. The predicted molar refractivity (Wildman–Crippen MR) is 123 cm³/mol. The van der Waals surface area contributed by atoms with Crippen molar-refractivity contribution in [1.82, 2.24) is 0 Å². The van der Waals surface area contributed by atoms with Gasteiger partial charge in [0.05, 0.1) is 0 Å². The Morgan fingerprint density at radius 1 is 0.600 bits per heavy atom. The molecule has 0 aromatic rings. The maximum atomic E-state index is 4.34. The third-order valence-electron chi connectivity index (χ3n) is 2.28. The largest absolute Gasteiger partial charge is 0.179 e. The Morgan fingerprint density at radius 3 is 1.70 bits per heavy atom. The molecule has 0 aliphatic heterocycles. The highest BCUT2D eigenvalue weighted by Crippen LogP contribution is 2.23. The molecule has 0 heterocycles. The monoisotopic (exact) mass is 426 g/mol. The van der Waals surface area contributed by atoms with Crippen LogP contribution in [0.5, 0.6) is 0 Å². The molecule has 0 aromatic carbocycles. The Balaban J connectivity index is 3.66. The molecule has 1 atom stereocenters. The van der Waals surface area contributed by atoms with Gasteiger partial charge in [0.2, 0.25) is 0 Å². The van der Waals surface area contributed by atoms with Gasteiger partial charge in [-0.05, 0) is 11.5 Å². The van der Waals surface area contributed by atoms with Gasteiger partial charge in [0.15, 0.2) is 0 Å². The molecule has 0 rings (SSSR count). The normalized spacial score (nSPS) is 13.1. The van der Waals surface area contributed by atoms with E-state index in [1.54, 1.807) is 0 Å². The summed E-state index contributed by atoms with van der Waals surface area (Å²) in [4.78, 5) is 0. The molecule has 0 saturated carbocycles. The Hall–Kier alpha value is 2.80. The van der Waals surface area contributed by atoms with E-state index >= 15 is 0 Å². The third kappa shape index (κ3) is 14.4. The van der Waals surface area contributed by atoms with Crippen LogP contribution in [0.4, 0.5) is 0 Å². The lowest BCUT2D eigenvalue weighted by atomic mass is 10.5. The zero-order chi connectivity index (χ0) is 15.1. The lowest BCUT2D eigenvalue weighted by molar-refractivity contribution is 1.14. The van der Waals surface area contributed by atoms with E-state index in [4.69, 9.17) is 0 Å². The maximum Gasteiger partial charge on any atom is 0.0229 e. The molecule has 0 spiro atoms. The van der Waals surface area contributed by atoms with Crippen LogP contribution in [0.15, 0.2) is 0 Å². The van der Waals surface area contributed by atoms with Crippen LogP contribution in [0, 0.1) is 0 Å². The van der Waals surface area contributed by atoms with Gasteiger partial charge in [0, 0.05) is 56.5 Å². The van der Waals surface area contributed by atoms with Crippen molar-refractivity contribution in [2.75, 3.05) is 57.5 Å². The van der Waals surface area contributed by atoms with Gasteiger partial charge in [-0.2, -0.15) is 97.6 Å². The molecule has 0 amide bonds. The van der Waals surface area contributed by atoms with Crippen molar-refractivity contribution >= 4 is 97.6 Å². The summed E-state index contributed by atoms with van der Waals surface area (Å²) in [5.74, 6) is 11.1. The van der Waals surface area contributed by atoms with Crippen LogP contribution in [0.3, 0.4) is 0 Å². The van der Waals surface area contributed by atoms with Gasteiger partial charge in [0.25, 0.3) is 0 Å². The van der Waals surface area contributed by atoms with Crippen molar-refractivity contribution in [1.29, 1.82) is 0 Å². The SMILES string of the molecule is SCCSCC(CSCCSC(CS)CS)SCCS. The Kier molecular flexibility index (Phi) is 20.7. The molecule has 8 heteroatoms. The van der Waals surface area contributed by atoms with Crippen LogP contribution in [-0.2, 0) is 0 Å². The van der Waals surface area contributed by atoms with Crippen molar-refractivity contribution in [3.05, 3.63) is 0 Å². The molecule has 0 aliphatic carbocycles. The van der Waals surface area contributed by atoms with Crippen LogP contribution in [0.2, 0.25) is 0 Å². The summed E-state index contributed by atoms with van der Waals surface area (Å²) in [7, 11) is 0. The maximum absolute atomic E-state index is 4.34. The average Bonchev–Trinajstić information content (AvgIpc) is 2.48. The van der Waals surface area contributed by atoms with Crippen molar-refractivity contribution in [2.24, 2.45) is 0 Å². The second kappa shape index (κ2) is 18.1. The van der Waals surface area contributed by atoms with Crippen LogP contribution in [0.25, 0.3) is 0 Å². The van der Waals surface area contributed by atoms with Gasteiger partial charge in [0.1, 0.15) is 0 Å². The lowest BCUT2D eigenvalue weighted by Gasteiger charge is -2.16. The van der Waals surface area contributed by atoms with Crippen molar-refractivity contribution in [3.8, 4) is 0 Å². The summed E-state index contributed by atoms with van der Waals surface area (Å²) >= 11 is 25.5. The van der Waals surface area contributed by atoms with Crippen molar-refractivity contribution in [3.63, 3.8) is 0 Å². The van der Waals surface area contributed by atoms with E-state index in [9.17, 15) is 0 Å². The van der Waals surface area contributed by atoms with E-state index in [0.717, 1.165) is 39.8 Å². The minimum atomic E-state index is 0.600. The first kappa shape index (κ1) is 22.8. The van der Waals surface area contributed by atoms with Gasteiger partial charge >= 0.3 is 0 Å². The molecule has 0 saturated heterocycles. The van der Waals surface area contributed by atoms with Crippen LogP contribution < -0.4 is 0 Å². The fraction of sp³-hybridized carbons (Fsp3) is 1.00.